The molecule has 1 aromatic heterocycles. The van der Waals surface area contributed by atoms with Crippen molar-refractivity contribution in [3.63, 3.8) is 0 Å². The second-order valence-electron chi connectivity index (χ2n) is 5.24. The molecule has 15 heavy (non-hydrogen) atoms. The number of hydrogen-bond acceptors (Lipinski definition) is 3. The summed E-state index contributed by atoms with van der Waals surface area (Å²) in [7, 11) is 0. The van der Waals surface area contributed by atoms with Crippen LogP contribution in [0.25, 0.3) is 0 Å². The summed E-state index contributed by atoms with van der Waals surface area (Å²) in [6, 6.07) is 0. The van der Waals surface area contributed by atoms with Crippen molar-refractivity contribution in [2.24, 2.45) is 0 Å². The molecule has 1 N–H and O–H groups in total. The number of nitrogens with zero attached hydrogens (tertiary/aromatic N) is 3. The quantitative estimate of drug-likeness (QED) is 0.801. The third-order valence-corrected chi connectivity index (χ3v) is 2.71. The topological polar surface area (TPSA) is 42.7 Å². The highest BCUT2D eigenvalue weighted by molar-refractivity contribution is 4.99. The van der Waals surface area contributed by atoms with Gasteiger partial charge in [-0.1, -0.05) is 0 Å². The van der Waals surface area contributed by atoms with E-state index in [9.17, 15) is 0 Å². The number of hydrogen-bond donors (Lipinski definition) is 1. The van der Waals surface area contributed by atoms with E-state index in [4.69, 9.17) is 0 Å². The lowest BCUT2D eigenvalue weighted by Gasteiger charge is -2.21. The van der Waals surface area contributed by atoms with Crippen molar-refractivity contribution in [1.82, 2.24) is 20.1 Å². The van der Waals surface area contributed by atoms with Gasteiger partial charge < -0.3 is 9.88 Å². The van der Waals surface area contributed by atoms with Crippen molar-refractivity contribution in [2.45, 2.75) is 58.7 Å². The van der Waals surface area contributed by atoms with Crippen molar-refractivity contribution < 1.29 is 0 Å². The van der Waals surface area contributed by atoms with Gasteiger partial charge >= 0.3 is 0 Å². The van der Waals surface area contributed by atoms with Crippen molar-refractivity contribution in [2.75, 3.05) is 0 Å². The summed E-state index contributed by atoms with van der Waals surface area (Å²) in [5.41, 5.74) is 0.140. The maximum absolute atomic E-state index is 4.25. The first-order chi connectivity index (χ1) is 7.06. The van der Waals surface area contributed by atoms with Crippen LogP contribution in [0.3, 0.4) is 0 Å². The molecule has 0 amide bonds. The Morgan fingerprint density at radius 1 is 1.27 bits per heavy atom. The average Bonchev–Trinajstić information content (AvgIpc) is 2.57. The molecule has 0 fully saturated rings. The minimum Gasteiger partial charge on any atom is -0.314 e. The zero-order valence-electron chi connectivity index (χ0n) is 9.88. The van der Waals surface area contributed by atoms with Gasteiger partial charge in [-0.3, -0.25) is 0 Å². The lowest BCUT2D eigenvalue weighted by atomic mass is 10.1. The minimum atomic E-state index is 0.140. The summed E-state index contributed by atoms with van der Waals surface area (Å²) >= 11 is 0. The molecule has 0 saturated carbocycles. The second-order valence-corrected chi connectivity index (χ2v) is 5.24. The molecule has 0 aliphatic carbocycles. The maximum Gasteiger partial charge on any atom is 0.147 e. The summed E-state index contributed by atoms with van der Waals surface area (Å²) in [6.07, 6.45) is 3.60. The first-order valence-electron chi connectivity index (χ1n) is 5.72. The van der Waals surface area contributed by atoms with E-state index < -0.39 is 0 Å². The fourth-order valence-corrected chi connectivity index (χ4v) is 1.84. The SMILES string of the molecule is CC(C)(C)NCc1nnc2n1CCCC2. The molecule has 2 heterocycles. The van der Waals surface area contributed by atoms with Gasteiger partial charge in [0.1, 0.15) is 11.6 Å². The number of fused-ring (bicyclic) bond motifs is 1. The van der Waals surface area contributed by atoms with Crippen LogP contribution in [-0.4, -0.2) is 20.3 Å². The highest BCUT2D eigenvalue weighted by Gasteiger charge is 2.17. The fourth-order valence-electron chi connectivity index (χ4n) is 1.84. The minimum absolute atomic E-state index is 0.140. The summed E-state index contributed by atoms with van der Waals surface area (Å²) < 4.78 is 2.27. The van der Waals surface area contributed by atoms with Crippen LogP contribution in [0.2, 0.25) is 0 Å². The molecule has 1 aromatic rings. The van der Waals surface area contributed by atoms with E-state index in [1.54, 1.807) is 0 Å². The zero-order chi connectivity index (χ0) is 10.9. The van der Waals surface area contributed by atoms with Gasteiger partial charge in [0.2, 0.25) is 0 Å². The van der Waals surface area contributed by atoms with Crippen molar-refractivity contribution >= 4 is 0 Å². The van der Waals surface area contributed by atoms with E-state index in [1.165, 1.54) is 12.8 Å². The van der Waals surface area contributed by atoms with E-state index in [0.29, 0.717) is 0 Å². The Morgan fingerprint density at radius 2 is 2.07 bits per heavy atom. The lowest BCUT2D eigenvalue weighted by Crippen LogP contribution is -2.36. The van der Waals surface area contributed by atoms with Crippen LogP contribution in [0, 0.1) is 0 Å². The monoisotopic (exact) mass is 208 g/mol. The van der Waals surface area contributed by atoms with Gasteiger partial charge in [-0.2, -0.15) is 0 Å². The van der Waals surface area contributed by atoms with E-state index in [-0.39, 0.29) is 5.54 Å². The zero-order valence-corrected chi connectivity index (χ0v) is 9.88. The van der Waals surface area contributed by atoms with Crippen LogP contribution in [0.4, 0.5) is 0 Å². The second kappa shape index (κ2) is 3.93. The normalized spacial score (nSPS) is 16.5. The van der Waals surface area contributed by atoms with Gasteiger partial charge in [0.15, 0.2) is 0 Å². The Kier molecular flexibility index (Phi) is 2.78. The number of aromatic nitrogens is 3. The molecule has 1 aliphatic heterocycles. The van der Waals surface area contributed by atoms with Crippen LogP contribution in [-0.2, 0) is 19.5 Å². The van der Waals surface area contributed by atoms with Crippen LogP contribution >= 0.6 is 0 Å². The molecule has 84 valence electrons. The summed E-state index contributed by atoms with van der Waals surface area (Å²) in [6.45, 7) is 8.40. The van der Waals surface area contributed by atoms with Gasteiger partial charge in [-0.15, -0.1) is 10.2 Å². The molecule has 4 heteroatoms. The van der Waals surface area contributed by atoms with Gasteiger partial charge in [0.05, 0.1) is 6.54 Å². The first kappa shape index (κ1) is 10.6. The smallest absolute Gasteiger partial charge is 0.147 e. The summed E-state index contributed by atoms with van der Waals surface area (Å²) in [4.78, 5) is 0. The number of aryl methyl sites for hydroxylation is 1. The standard InChI is InChI=1S/C11H20N4/c1-11(2,3)12-8-10-14-13-9-6-4-5-7-15(9)10/h12H,4-8H2,1-3H3. The van der Waals surface area contributed by atoms with Crippen LogP contribution < -0.4 is 5.32 Å². The third-order valence-electron chi connectivity index (χ3n) is 2.71. The molecule has 2 rings (SSSR count). The molecule has 0 aromatic carbocycles. The van der Waals surface area contributed by atoms with Gasteiger partial charge in [0.25, 0.3) is 0 Å². The highest BCUT2D eigenvalue weighted by atomic mass is 15.3. The van der Waals surface area contributed by atoms with Crippen molar-refractivity contribution in [1.29, 1.82) is 0 Å². The molecule has 1 aliphatic rings. The molecular weight excluding hydrogens is 188 g/mol. The molecule has 0 atom stereocenters. The third kappa shape index (κ3) is 2.56. The Labute approximate surface area is 91.1 Å². The molecule has 0 unspecified atom stereocenters. The maximum atomic E-state index is 4.25. The van der Waals surface area contributed by atoms with Crippen LogP contribution in [0.15, 0.2) is 0 Å². The molecule has 0 radical (unpaired) electrons. The van der Waals surface area contributed by atoms with Crippen molar-refractivity contribution in [3.8, 4) is 0 Å². The average molecular weight is 208 g/mol. The van der Waals surface area contributed by atoms with Crippen LogP contribution in [0.5, 0.6) is 0 Å². The van der Waals surface area contributed by atoms with Crippen molar-refractivity contribution in [3.05, 3.63) is 11.6 Å². The number of rotatable bonds is 2. The lowest BCUT2D eigenvalue weighted by molar-refractivity contribution is 0.405. The molecule has 0 bridgehead atoms. The fraction of sp³-hybridized carbons (Fsp3) is 0.818. The Morgan fingerprint density at radius 3 is 2.80 bits per heavy atom. The van der Waals surface area contributed by atoms with E-state index in [2.05, 4.69) is 40.9 Å². The Bertz CT molecular complexity index is 335. The molecule has 4 nitrogen and oxygen atoms in total. The van der Waals surface area contributed by atoms with E-state index in [1.807, 2.05) is 0 Å². The van der Waals surface area contributed by atoms with E-state index in [0.717, 1.165) is 31.2 Å². The van der Waals surface area contributed by atoms with E-state index >= 15 is 0 Å². The summed E-state index contributed by atoms with van der Waals surface area (Å²) in [5, 5.41) is 11.9. The largest absolute Gasteiger partial charge is 0.314 e. The number of nitrogens with one attached hydrogen (secondary N) is 1. The van der Waals surface area contributed by atoms with Crippen LogP contribution in [0.1, 0.15) is 45.3 Å². The van der Waals surface area contributed by atoms with Gasteiger partial charge in [-0.25, -0.2) is 0 Å². The predicted molar refractivity (Wildman–Crippen MR) is 59.6 cm³/mol. The van der Waals surface area contributed by atoms with Gasteiger partial charge in [0, 0.05) is 18.5 Å². The molecular formula is C11H20N4. The molecule has 0 saturated heterocycles. The Hall–Kier alpha value is -0.900. The Balaban J connectivity index is 2.06. The first-order valence-corrected chi connectivity index (χ1v) is 5.72. The van der Waals surface area contributed by atoms with Gasteiger partial charge in [-0.05, 0) is 33.6 Å². The molecule has 0 spiro atoms. The summed E-state index contributed by atoms with van der Waals surface area (Å²) in [5.74, 6) is 2.24. The highest BCUT2D eigenvalue weighted by Crippen LogP contribution is 2.14. The predicted octanol–water partition coefficient (Wildman–Crippen LogP) is 1.50.